The summed E-state index contributed by atoms with van der Waals surface area (Å²) in [5.74, 6) is 9.97. The molecule has 0 spiro atoms. The summed E-state index contributed by atoms with van der Waals surface area (Å²) in [7, 11) is 0. The molecule has 4 aliphatic carbocycles. The zero-order valence-corrected chi connectivity index (χ0v) is 60.2. The predicted octanol–water partition coefficient (Wildman–Crippen LogP) is 29.6. The lowest BCUT2D eigenvalue weighted by atomic mass is 9.78. The maximum absolute atomic E-state index is 2.36. The van der Waals surface area contributed by atoms with E-state index in [1.165, 1.54) is 231 Å². The number of hydrogen-bond donors (Lipinski definition) is 0. The SMILES string of the molecule is CC(C)C1CCC1.CC(C)C1CCCC1.CC1CCCCC1.CCC(C)(C)C.CCC(CC)CC.CCCC(C)(C)C.CCCC(C)CC.CCCC1CC1.CCCCC(C)C.CCCCC(C)C.CCCCCCC. The van der Waals surface area contributed by atoms with Gasteiger partial charge in [-0.25, -0.2) is 0 Å². The van der Waals surface area contributed by atoms with E-state index >= 15 is 0 Å². The first-order valence-electron chi connectivity index (χ1n) is 35.7. The van der Waals surface area contributed by atoms with Gasteiger partial charge in [-0.15, -0.1) is 0 Å². The number of unbranched alkanes of at least 4 members (excludes halogenated alkanes) is 6. The Bertz CT molecular complexity index is 902. The molecule has 470 valence electrons. The third kappa shape index (κ3) is 93.3. The first kappa shape index (κ1) is 89.8. The van der Waals surface area contributed by atoms with E-state index in [1.807, 2.05) is 0 Å². The summed E-state index contributed by atoms with van der Waals surface area (Å²) in [4.78, 5) is 0. The van der Waals surface area contributed by atoms with Gasteiger partial charge in [-0.05, 0) is 76.4 Å². The van der Waals surface area contributed by atoms with Crippen molar-refractivity contribution in [2.24, 2.45) is 70.0 Å². The predicted molar refractivity (Wildman–Crippen MR) is 365 cm³/mol. The van der Waals surface area contributed by atoms with Crippen LogP contribution in [0, 0.1) is 70.0 Å². The summed E-state index contributed by atoms with van der Waals surface area (Å²) in [5, 5.41) is 0. The minimum Gasteiger partial charge on any atom is -0.0654 e. The maximum Gasteiger partial charge on any atom is -0.0383 e. The van der Waals surface area contributed by atoms with Crippen LogP contribution >= 0.6 is 0 Å². The van der Waals surface area contributed by atoms with Crippen molar-refractivity contribution in [3.05, 3.63) is 0 Å². The second-order valence-corrected chi connectivity index (χ2v) is 28.9. The Hall–Kier alpha value is 0. The maximum atomic E-state index is 2.36. The highest BCUT2D eigenvalue weighted by Gasteiger charge is 2.20. The second kappa shape index (κ2) is 67.5. The average Bonchev–Trinajstić information content (AvgIpc) is 3.98. The van der Waals surface area contributed by atoms with E-state index in [2.05, 4.69) is 194 Å². The van der Waals surface area contributed by atoms with E-state index in [-0.39, 0.29) is 0 Å². The zero-order valence-electron chi connectivity index (χ0n) is 60.2. The molecule has 0 heterocycles. The van der Waals surface area contributed by atoms with Crippen molar-refractivity contribution < 1.29 is 0 Å². The van der Waals surface area contributed by atoms with Crippen molar-refractivity contribution in [1.82, 2.24) is 0 Å². The Labute approximate surface area is 492 Å². The molecule has 0 radical (unpaired) electrons. The topological polar surface area (TPSA) is 0 Å². The molecule has 76 heavy (non-hydrogen) atoms. The van der Waals surface area contributed by atoms with Crippen molar-refractivity contribution >= 4 is 0 Å². The first-order valence-corrected chi connectivity index (χ1v) is 35.7. The fraction of sp³-hybridized carbons (Fsp3) is 1.00. The zero-order chi connectivity index (χ0) is 60.2. The van der Waals surface area contributed by atoms with Crippen LogP contribution in [-0.2, 0) is 0 Å². The Balaban J connectivity index is -0.000000138. The lowest BCUT2D eigenvalue weighted by Gasteiger charge is -2.28. The van der Waals surface area contributed by atoms with Crippen LogP contribution in [0.15, 0.2) is 0 Å². The summed E-state index contributed by atoms with van der Waals surface area (Å²) >= 11 is 0. The van der Waals surface area contributed by atoms with E-state index in [9.17, 15) is 0 Å². The van der Waals surface area contributed by atoms with Crippen LogP contribution in [-0.4, -0.2) is 0 Å². The van der Waals surface area contributed by atoms with Crippen LogP contribution in [0.5, 0.6) is 0 Å². The first-order chi connectivity index (χ1) is 35.7. The van der Waals surface area contributed by atoms with Crippen molar-refractivity contribution in [1.29, 1.82) is 0 Å². The molecule has 1 atom stereocenters. The molecular formula is C76H166. The molecule has 0 saturated heterocycles. The molecule has 0 heteroatoms. The molecule has 4 aliphatic rings. The van der Waals surface area contributed by atoms with Gasteiger partial charge in [0.15, 0.2) is 0 Å². The molecule has 0 N–H and O–H groups in total. The molecule has 0 aromatic rings. The van der Waals surface area contributed by atoms with Crippen LogP contribution in [0.25, 0.3) is 0 Å². The standard InChI is InChI=1S/C8H16.2C7H14.6C7H16.C6H12.C6H14/c1-7(2)8-5-3-4-6-8;1-6(2)7-4-3-5-7;1-7-5-3-2-4-6-7;1-5-6-7(2,3)4;2*1-4-5-6-7(2)3;1-4-6-7(3)5-2;1-4-7(5-2)6-3;1-3-5-7-6-4-2;1-2-3-6-4-5-6;1-5-6(2,3)4/h7-8H,3-6H2,1-2H3;6-7H,3-5H2,1-2H3;7H,2-6H2,1H3;5-6H2,1-4H3;4*7H,4-6H2,1-3H3;3-7H2,1-2H3;6H,2-5H2,1H3;5H2,1-4H3. The van der Waals surface area contributed by atoms with Crippen LogP contribution in [0.4, 0.5) is 0 Å². The smallest absolute Gasteiger partial charge is 0.0383 e. The quantitative estimate of drug-likeness (QED) is 0.101. The molecular weight excluding hydrogens is 913 g/mol. The molecule has 0 bridgehead atoms. The van der Waals surface area contributed by atoms with Crippen LogP contribution < -0.4 is 0 Å². The second-order valence-electron chi connectivity index (χ2n) is 28.9. The fourth-order valence-corrected chi connectivity index (χ4v) is 9.07. The van der Waals surface area contributed by atoms with Gasteiger partial charge in [-0.2, -0.15) is 0 Å². The van der Waals surface area contributed by atoms with Gasteiger partial charge in [0.2, 0.25) is 0 Å². The van der Waals surface area contributed by atoms with Gasteiger partial charge in [0, 0.05) is 0 Å². The van der Waals surface area contributed by atoms with Gasteiger partial charge < -0.3 is 0 Å². The highest BCUT2D eigenvalue weighted by atomic mass is 14.3. The molecule has 1 unspecified atom stereocenters. The van der Waals surface area contributed by atoms with Crippen molar-refractivity contribution in [2.45, 2.75) is 425 Å². The largest absolute Gasteiger partial charge is 0.0654 e. The molecule has 0 nitrogen and oxygen atoms in total. The van der Waals surface area contributed by atoms with Crippen LogP contribution in [0.2, 0.25) is 0 Å². The Morgan fingerprint density at radius 3 is 0.842 bits per heavy atom. The molecule has 4 rings (SSSR count). The van der Waals surface area contributed by atoms with Crippen LogP contribution in [0.1, 0.15) is 425 Å². The normalized spacial score (nSPS) is 15.6. The van der Waals surface area contributed by atoms with E-state index in [4.69, 9.17) is 0 Å². The fourth-order valence-electron chi connectivity index (χ4n) is 9.07. The highest BCUT2D eigenvalue weighted by Crippen LogP contribution is 2.34. The van der Waals surface area contributed by atoms with E-state index in [0.717, 1.165) is 59.2 Å². The van der Waals surface area contributed by atoms with Gasteiger partial charge in [-0.1, -0.05) is 419 Å². The van der Waals surface area contributed by atoms with Crippen molar-refractivity contribution in [3.8, 4) is 0 Å². The number of rotatable bonds is 21. The van der Waals surface area contributed by atoms with Gasteiger partial charge in [0.25, 0.3) is 0 Å². The molecule has 4 fully saturated rings. The van der Waals surface area contributed by atoms with Gasteiger partial charge >= 0.3 is 0 Å². The highest BCUT2D eigenvalue weighted by molar-refractivity contribution is 4.72. The van der Waals surface area contributed by atoms with Gasteiger partial charge in [0.05, 0.1) is 0 Å². The Morgan fingerprint density at radius 1 is 0.355 bits per heavy atom. The third-order valence-corrected chi connectivity index (χ3v) is 16.5. The minimum absolute atomic E-state index is 0.542. The summed E-state index contributed by atoms with van der Waals surface area (Å²) in [5.41, 5.74) is 1.09. The molecule has 0 aromatic heterocycles. The Kier molecular flexibility index (Phi) is 79.8. The molecule has 0 aromatic carbocycles. The van der Waals surface area contributed by atoms with Crippen LogP contribution in [0.3, 0.4) is 0 Å². The Morgan fingerprint density at radius 2 is 0.724 bits per heavy atom. The molecule has 0 aliphatic heterocycles. The van der Waals surface area contributed by atoms with Crippen molar-refractivity contribution in [2.75, 3.05) is 0 Å². The summed E-state index contributed by atoms with van der Waals surface area (Å²) in [6, 6.07) is 0. The lowest BCUT2D eigenvalue weighted by Crippen LogP contribution is -2.16. The third-order valence-electron chi connectivity index (χ3n) is 16.5. The molecule has 4 saturated carbocycles. The van der Waals surface area contributed by atoms with Crippen molar-refractivity contribution in [3.63, 3.8) is 0 Å². The summed E-state index contributed by atoms with van der Waals surface area (Å²) in [6.07, 6.45) is 51.2. The van der Waals surface area contributed by atoms with E-state index in [0.29, 0.717) is 10.8 Å². The molecule has 0 amide bonds. The van der Waals surface area contributed by atoms with Gasteiger partial charge in [-0.3, -0.25) is 0 Å². The van der Waals surface area contributed by atoms with E-state index < -0.39 is 0 Å². The summed E-state index contributed by atoms with van der Waals surface area (Å²) < 4.78 is 0. The van der Waals surface area contributed by atoms with E-state index in [1.54, 1.807) is 0 Å². The number of hydrogen-bond acceptors (Lipinski definition) is 0. The van der Waals surface area contributed by atoms with Gasteiger partial charge in [0.1, 0.15) is 0 Å². The summed E-state index contributed by atoms with van der Waals surface area (Å²) in [6.45, 7) is 63.6. The average molecular weight is 1080 g/mol. The lowest BCUT2D eigenvalue weighted by molar-refractivity contribution is 0.235. The monoisotopic (exact) mass is 1080 g/mol. The minimum atomic E-state index is 0.542.